The van der Waals surface area contributed by atoms with Crippen LogP contribution >= 0.6 is 0 Å². The highest BCUT2D eigenvalue weighted by Gasteiger charge is 2.11. The van der Waals surface area contributed by atoms with Crippen LogP contribution in [0.15, 0.2) is 72.9 Å². The van der Waals surface area contributed by atoms with Crippen LogP contribution in [0.2, 0.25) is 0 Å². The summed E-state index contributed by atoms with van der Waals surface area (Å²) in [6.07, 6.45) is 3.40. The molecule has 33 heavy (non-hydrogen) atoms. The van der Waals surface area contributed by atoms with Gasteiger partial charge in [-0.2, -0.15) is 0 Å². The zero-order chi connectivity index (χ0) is 23.2. The number of amides is 1. The summed E-state index contributed by atoms with van der Waals surface area (Å²) in [5.41, 5.74) is 7.40. The third-order valence-corrected chi connectivity index (χ3v) is 6.06. The fraction of sp³-hybridized carbons (Fsp3) is 0.276. The second kappa shape index (κ2) is 10.4. The number of para-hydroxylation sites is 1. The Labute approximate surface area is 196 Å². The van der Waals surface area contributed by atoms with Gasteiger partial charge in [0.15, 0.2) is 0 Å². The summed E-state index contributed by atoms with van der Waals surface area (Å²) in [5, 5.41) is 4.27. The second-order valence-electron chi connectivity index (χ2n) is 8.58. The molecule has 4 heteroatoms. The fourth-order valence-electron chi connectivity index (χ4n) is 4.21. The fourth-order valence-corrected chi connectivity index (χ4v) is 4.21. The number of nitrogens with one attached hydrogen (secondary N) is 1. The maximum absolute atomic E-state index is 12.5. The van der Waals surface area contributed by atoms with Gasteiger partial charge in [0.1, 0.15) is 5.75 Å². The first-order chi connectivity index (χ1) is 16.0. The van der Waals surface area contributed by atoms with Gasteiger partial charge in [-0.3, -0.25) is 4.79 Å². The van der Waals surface area contributed by atoms with Crippen LogP contribution in [0, 0.1) is 13.8 Å². The van der Waals surface area contributed by atoms with Crippen molar-refractivity contribution < 1.29 is 9.53 Å². The van der Waals surface area contributed by atoms with Crippen molar-refractivity contribution in [3.05, 3.63) is 101 Å². The maximum atomic E-state index is 12.5. The third kappa shape index (κ3) is 5.64. The molecule has 0 aliphatic carbocycles. The summed E-state index contributed by atoms with van der Waals surface area (Å²) in [6.45, 7) is 8.27. The van der Waals surface area contributed by atoms with Crippen molar-refractivity contribution in [1.29, 1.82) is 0 Å². The van der Waals surface area contributed by atoms with Crippen LogP contribution in [0.1, 0.15) is 41.2 Å². The Morgan fingerprint density at radius 1 is 0.970 bits per heavy atom. The molecule has 0 atom stereocenters. The molecule has 1 N–H and O–H groups in total. The van der Waals surface area contributed by atoms with E-state index in [9.17, 15) is 4.79 Å². The van der Waals surface area contributed by atoms with Gasteiger partial charge in [-0.1, -0.05) is 54.1 Å². The Bertz CT molecular complexity index is 1240. The van der Waals surface area contributed by atoms with Gasteiger partial charge >= 0.3 is 0 Å². The van der Waals surface area contributed by atoms with Crippen LogP contribution in [0.4, 0.5) is 0 Å². The van der Waals surface area contributed by atoms with Crippen molar-refractivity contribution in [2.24, 2.45) is 0 Å². The lowest BCUT2D eigenvalue weighted by molar-refractivity contribution is -0.121. The monoisotopic (exact) mass is 440 g/mol. The predicted octanol–water partition coefficient (Wildman–Crippen LogP) is 5.95. The first kappa shape index (κ1) is 22.7. The van der Waals surface area contributed by atoms with E-state index in [4.69, 9.17) is 4.74 Å². The summed E-state index contributed by atoms with van der Waals surface area (Å²) in [7, 11) is 0. The van der Waals surface area contributed by atoms with Gasteiger partial charge < -0.3 is 14.6 Å². The number of aromatic nitrogens is 1. The lowest BCUT2D eigenvalue weighted by Crippen LogP contribution is -2.22. The number of nitrogens with zero attached hydrogens (tertiary/aromatic N) is 1. The minimum absolute atomic E-state index is 0.0650. The largest absolute Gasteiger partial charge is 0.494 e. The van der Waals surface area contributed by atoms with Crippen molar-refractivity contribution in [2.45, 2.75) is 46.7 Å². The number of benzene rings is 3. The van der Waals surface area contributed by atoms with Crippen LogP contribution in [-0.2, 0) is 24.3 Å². The number of hydrogen-bond donors (Lipinski definition) is 1. The molecular formula is C29H32N2O2. The van der Waals surface area contributed by atoms with Crippen LogP contribution < -0.4 is 10.1 Å². The zero-order valence-corrected chi connectivity index (χ0v) is 19.7. The molecule has 0 saturated carbocycles. The topological polar surface area (TPSA) is 43.3 Å². The average molecular weight is 441 g/mol. The van der Waals surface area contributed by atoms with Gasteiger partial charge in [-0.25, -0.2) is 0 Å². The summed E-state index contributed by atoms with van der Waals surface area (Å²) >= 11 is 0. The van der Waals surface area contributed by atoms with Crippen LogP contribution in [0.3, 0.4) is 0 Å². The molecule has 1 heterocycles. The molecule has 0 fully saturated rings. The van der Waals surface area contributed by atoms with Crippen molar-refractivity contribution in [3.8, 4) is 5.75 Å². The van der Waals surface area contributed by atoms with Gasteiger partial charge in [-0.05, 0) is 67.6 Å². The third-order valence-electron chi connectivity index (χ3n) is 6.06. The van der Waals surface area contributed by atoms with E-state index in [0.717, 1.165) is 24.3 Å². The summed E-state index contributed by atoms with van der Waals surface area (Å²) in [5.74, 6) is 0.917. The minimum atomic E-state index is 0.0650. The summed E-state index contributed by atoms with van der Waals surface area (Å²) < 4.78 is 7.78. The van der Waals surface area contributed by atoms with E-state index in [2.05, 4.69) is 72.4 Å². The molecule has 1 aromatic heterocycles. The van der Waals surface area contributed by atoms with E-state index in [0.29, 0.717) is 19.6 Å². The van der Waals surface area contributed by atoms with Gasteiger partial charge in [0.2, 0.25) is 5.91 Å². The molecular weight excluding hydrogens is 408 g/mol. The second-order valence-corrected chi connectivity index (χ2v) is 8.58. The predicted molar refractivity (Wildman–Crippen MR) is 135 cm³/mol. The molecule has 0 saturated heterocycles. The first-order valence-corrected chi connectivity index (χ1v) is 11.6. The molecule has 4 aromatic rings. The average Bonchev–Trinajstić information content (AvgIpc) is 3.17. The highest BCUT2D eigenvalue weighted by Crippen LogP contribution is 2.24. The van der Waals surface area contributed by atoms with Crippen LogP contribution in [-0.4, -0.2) is 17.1 Å². The SMILES string of the molecule is CCOc1ccc(CNC(=O)CCc2cn(Cc3cc(C)ccc3C)c3ccccc23)cc1. The quantitative estimate of drug-likeness (QED) is 0.349. The number of aryl methyl sites for hydroxylation is 3. The molecule has 0 aliphatic heterocycles. The Morgan fingerprint density at radius 2 is 1.76 bits per heavy atom. The first-order valence-electron chi connectivity index (χ1n) is 11.6. The number of hydrogen-bond acceptors (Lipinski definition) is 2. The number of ether oxygens (including phenoxy) is 1. The van der Waals surface area contributed by atoms with E-state index in [-0.39, 0.29) is 5.91 Å². The van der Waals surface area contributed by atoms with Gasteiger partial charge in [0.25, 0.3) is 0 Å². The maximum Gasteiger partial charge on any atom is 0.220 e. The number of fused-ring (bicyclic) bond motifs is 1. The lowest BCUT2D eigenvalue weighted by atomic mass is 10.1. The number of rotatable bonds is 9. The van der Waals surface area contributed by atoms with Crippen molar-refractivity contribution in [1.82, 2.24) is 9.88 Å². The van der Waals surface area contributed by atoms with Gasteiger partial charge in [0.05, 0.1) is 6.61 Å². The van der Waals surface area contributed by atoms with Crippen LogP contribution in [0.25, 0.3) is 10.9 Å². The minimum Gasteiger partial charge on any atom is -0.494 e. The van der Waals surface area contributed by atoms with Crippen LogP contribution in [0.5, 0.6) is 5.75 Å². The van der Waals surface area contributed by atoms with Crippen molar-refractivity contribution in [2.75, 3.05) is 6.61 Å². The molecule has 1 amide bonds. The normalized spacial score (nSPS) is 11.0. The van der Waals surface area contributed by atoms with Crippen molar-refractivity contribution >= 4 is 16.8 Å². The standard InChI is InChI=1S/C29H32N2O2/c1-4-33-26-14-11-23(12-15-26)18-30-29(32)16-13-24-19-31(28-8-6-5-7-27(24)28)20-25-17-21(2)9-10-22(25)3/h5-12,14-15,17,19H,4,13,16,18,20H2,1-3H3,(H,30,32). The van der Waals surface area contributed by atoms with E-state index >= 15 is 0 Å². The van der Waals surface area contributed by atoms with E-state index in [1.807, 2.05) is 31.2 Å². The van der Waals surface area contributed by atoms with E-state index in [1.165, 1.54) is 33.2 Å². The highest BCUT2D eigenvalue weighted by molar-refractivity contribution is 5.85. The molecule has 0 bridgehead atoms. The lowest BCUT2D eigenvalue weighted by Gasteiger charge is -2.10. The molecule has 3 aromatic carbocycles. The Balaban J connectivity index is 1.41. The molecule has 4 nitrogen and oxygen atoms in total. The molecule has 0 spiro atoms. The number of carbonyl (C=O) groups excluding carboxylic acids is 1. The van der Waals surface area contributed by atoms with Gasteiger partial charge in [-0.15, -0.1) is 0 Å². The zero-order valence-electron chi connectivity index (χ0n) is 19.7. The van der Waals surface area contributed by atoms with E-state index < -0.39 is 0 Å². The molecule has 0 unspecified atom stereocenters. The van der Waals surface area contributed by atoms with Crippen molar-refractivity contribution in [3.63, 3.8) is 0 Å². The summed E-state index contributed by atoms with van der Waals surface area (Å²) in [6, 6.07) is 22.9. The molecule has 170 valence electrons. The smallest absolute Gasteiger partial charge is 0.220 e. The molecule has 0 radical (unpaired) electrons. The summed E-state index contributed by atoms with van der Waals surface area (Å²) in [4.78, 5) is 12.5. The molecule has 0 aliphatic rings. The Morgan fingerprint density at radius 3 is 2.55 bits per heavy atom. The van der Waals surface area contributed by atoms with E-state index in [1.54, 1.807) is 0 Å². The Kier molecular flexibility index (Phi) is 7.13. The molecule has 4 rings (SSSR count). The van der Waals surface area contributed by atoms with Gasteiger partial charge in [0, 0.05) is 36.6 Å². The Hall–Kier alpha value is -3.53. The highest BCUT2D eigenvalue weighted by atomic mass is 16.5. The number of carbonyl (C=O) groups is 1.